The van der Waals surface area contributed by atoms with E-state index in [1.54, 1.807) is 24.3 Å². The van der Waals surface area contributed by atoms with Crippen LogP contribution < -0.4 is 10.1 Å². The SMILES string of the molecule is COc1ccccc1NC(=O)COC(=O)/C(C#N)=C/c1cc(C)n(CCC(C)C)c1C. The van der Waals surface area contributed by atoms with Crippen LogP contribution in [0, 0.1) is 31.1 Å². The lowest BCUT2D eigenvalue weighted by atomic mass is 10.1. The van der Waals surface area contributed by atoms with Gasteiger partial charge in [0.15, 0.2) is 6.61 Å². The maximum absolute atomic E-state index is 12.4. The summed E-state index contributed by atoms with van der Waals surface area (Å²) in [7, 11) is 1.49. The first-order valence-corrected chi connectivity index (χ1v) is 10.1. The van der Waals surface area contributed by atoms with Crippen molar-refractivity contribution in [2.24, 2.45) is 5.92 Å². The zero-order valence-corrected chi connectivity index (χ0v) is 18.7. The molecule has 31 heavy (non-hydrogen) atoms. The highest BCUT2D eigenvalue weighted by molar-refractivity contribution is 6.00. The second-order valence-electron chi connectivity index (χ2n) is 7.66. The average molecular weight is 424 g/mol. The number of anilines is 1. The van der Waals surface area contributed by atoms with Gasteiger partial charge in [-0.15, -0.1) is 0 Å². The Balaban J connectivity index is 2.05. The van der Waals surface area contributed by atoms with Gasteiger partial charge in [-0.1, -0.05) is 26.0 Å². The number of nitriles is 1. The summed E-state index contributed by atoms with van der Waals surface area (Å²) in [6.45, 7) is 8.66. The fraction of sp³-hybridized carbons (Fsp3) is 0.375. The molecule has 0 atom stereocenters. The molecule has 2 aromatic rings. The van der Waals surface area contributed by atoms with E-state index in [0.29, 0.717) is 17.4 Å². The number of carbonyl (C=O) groups excluding carboxylic acids is 2. The predicted octanol–water partition coefficient (Wildman–Crippen LogP) is 4.25. The maximum atomic E-state index is 12.4. The van der Waals surface area contributed by atoms with Gasteiger partial charge in [-0.3, -0.25) is 4.79 Å². The minimum absolute atomic E-state index is 0.158. The van der Waals surface area contributed by atoms with Crippen LogP contribution in [0.3, 0.4) is 0 Å². The van der Waals surface area contributed by atoms with E-state index in [1.165, 1.54) is 13.2 Å². The number of carbonyl (C=O) groups is 2. The number of nitrogens with zero attached hydrogens (tertiary/aromatic N) is 2. The Morgan fingerprint density at radius 3 is 2.61 bits per heavy atom. The summed E-state index contributed by atoms with van der Waals surface area (Å²) in [4.78, 5) is 24.5. The lowest BCUT2D eigenvalue weighted by Crippen LogP contribution is -2.21. The van der Waals surface area contributed by atoms with E-state index in [0.717, 1.165) is 29.9 Å². The second-order valence-corrected chi connectivity index (χ2v) is 7.66. The summed E-state index contributed by atoms with van der Waals surface area (Å²) in [6.07, 6.45) is 2.54. The number of hydrogen-bond acceptors (Lipinski definition) is 5. The summed E-state index contributed by atoms with van der Waals surface area (Å²) in [6, 6.07) is 10.7. The molecule has 2 rings (SSSR count). The van der Waals surface area contributed by atoms with Gasteiger partial charge in [-0.25, -0.2) is 4.79 Å². The lowest BCUT2D eigenvalue weighted by Gasteiger charge is -2.11. The van der Waals surface area contributed by atoms with E-state index >= 15 is 0 Å². The number of aryl methyl sites for hydroxylation is 1. The number of hydrogen-bond donors (Lipinski definition) is 1. The van der Waals surface area contributed by atoms with Gasteiger partial charge in [0.25, 0.3) is 5.91 Å². The van der Waals surface area contributed by atoms with Crippen molar-refractivity contribution in [1.82, 2.24) is 4.57 Å². The lowest BCUT2D eigenvalue weighted by molar-refractivity contribution is -0.142. The molecule has 1 amide bonds. The standard InChI is InChI=1S/C24H29N3O4/c1-16(2)10-11-27-17(3)12-19(18(27)4)13-20(14-25)24(29)31-15-23(28)26-21-8-6-7-9-22(21)30-5/h6-9,12-13,16H,10-11,15H2,1-5H3,(H,26,28)/b20-13+. The number of ether oxygens (including phenoxy) is 2. The third-order valence-electron chi connectivity index (χ3n) is 4.90. The quantitative estimate of drug-likeness (QED) is 0.370. The highest BCUT2D eigenvalue weighted by Gasteiger charge is 2.16. The van der Waals surface area contributed by atoms with Crippen LogP contribution in [0.1, 0.15) is 37.2 Å². The monoisotopic (exact) mass is 423 g/mol. The molecule has 0 fully saturated rings. The zero-order chi connectivity index (χ0) is 23.0. The number of nitrogens with one attached hydrogen (secondary N) is 1. The Morgan fingerprint density at radius 1 is 1.26 bits per heavy atom. The van der Waals surface area contributed by atoms with Gasteiger partial charge in [-0.2, -0.15) is 5.26 Å². The maximum Gasteiger partial charge on any atom is 0.349 e. The predicted molar refractivity (Wildman–Crippen MR) is 120 cm³/mol. The highest BCUT2D eigenvalue weighted by atomic mass is 16.5. The number of aromatic nitrogens is 1. The van der Waals surface area contributed by atoms with E-state index in [2.05, 4.69) is 23.7 Å². The first-order valence-electron chi connectivity index (χ1n) is 10.1. The van der Waals surface area contributed by atoms with Gasteiger partial charge >= 0.3 is 5.97 Å². The minimum Gasteiger partial charge on any atom is -0.495 e. The zero-order valence-electron chi connectivity index (χ0n) is 18.7. The van der Waals surface area contributed by atoms with Crippen molar-refractivity contribution in [3.63, 3.8) is 0 Å². The Bertz CT molecular complexity index is 1010. The van der Waals surface area contributed by atoms with Crippen LogP contribution in [0.5, 0.6) is 5.75 Å². The molecule has 0 saturated heterocycles. The van der Waals surface area contributed by atoms with Gasteiger partial charge < -0.3 is 19.4 Å². The van der Waals surface area contributed by atoms with Crippen LogP contribution in [-0.4, -0.2) is 30.2 Å². The van der Waals surface area contributed by atoms with E-state index in [-0.39, 0.29) is 5.57 Å². The van der Waals surface area contributed by atoms with Crippen molar-refractivity contribution < 1.29 is 19.1 Å². The summed E-state index contributed by atoms with van der Waals surface area (Å²) < 4.78 is 12.4. The molecule has 0 bridgehead atoms. The topological polar surface area (TPSA) is 93.3 Å². The van der Waals surface area contributed by atoms with Crippen molar-refractivity contribution in [3.8, 4) is 11.8 Å². The smallest absolute Gasteiger partial charge is 0.349 e. The summed E-state index contributed by atoms with van der Waals surface area (Å²) >= 11 is 0. The first kappa shape index (κ1) is 23.7. The minimum atomic E-state index is -0.843. The molecule has 0 aliphatic rings. The van der Waals surface area contributed by atoms with Crippen LogP contribution in [0.2, 0.25) is 0 Å². The molecule has 0 aliphatic carbocycles. The van der Waals surface area contributed by atoms with E-state index in [4.69, 9.17) is 9.47 Å². The van der Waals surface area contributed by atoms with Crippen LogP contribution >= 0.6 is 0 Å². The molecule has 0 radical (unpaired) electrons. The third kappa shape index (κ3) is 6.48. The molecular weight excluding hydrogens is 394 g/mol. The van der Waals surface area contributed by atoms with Crippen molar-refractivity contribution in [2.45, 2.75) is 40.7 Å². The number of methoxy groups -OCH3 is 1. The molecule has 164 valence electrons. The largest absolute Gasteiger partial charge is 0.495 e. The number of amides is 1. The van der Waals surface area contributed by atoms with E-state index in [9.17, 15) is 14.9 Å². The number of para-hydroxylation sites is 2. The Kier molecular flexibility index (Phi) is 8.44. The number of benzene rings is 1. The van der Waals surface area contributed by atoms with Crippen molar-refractivity contribution in [3.05, 3.63) is 52.9 Å². The van der Waals surface area contributed by atoms with Crippen LogP contribution in [0.4, 0.5) is 5.69 Å². The van der Waals surface area contributed by atoms with Gasteiger partial charge in [0.2, 0.25) is 0 Å². The molecule has 0 saturated carbocycles. The average Bonchev–Trinajstić information content (AvgIpc) is 3.01. The summed E-state index contributed by atoms with van der Waals surface area (Å²) in [5.74, 6) is -0.300. The first-order chi connectivity index (χ1) is 14.8. The van der Waals surface area contributed by atoms with E-state index in [1.807, 2.05) is 26.0 Å². The molecule has 1 N–H and O–H groups in total. The van der Waals surface area contributed by atoms with E-state index < -0.39 is 18.5 Å². The fourth-order valence-corrected chi connectivity index (χ4v) is 3.14. The highest BCUT2D eigenvalue weighted by Crippen LogP contribution is 2.23. The van der Waals surface area contributed by atoms with Crippen molar-refractivity contribution >= 4 is 23.6 Å². The Labute approximate surface area is 183 Å². The fourth-order valence-electron chi connectivity index (χ4n) is 3.14. The Hall–Kier alpha value is -3.53. The Morgan fingerprint density at radius 2 is 1.97 bits per heavy atom. The summed E-state index contributed by atoms with van der Waals surface area (Å²) in [5.41, 5.74) is 3.14. The molecule has 0 aliphatic heterocycles. The number of esters is 1. The van der Waals surface area contributed by atoms with Gasteiger partial charge in [0.05, 0.1) is 12.8 Å². The molecular formula is C24H29N3O4. The third-order valence-corrected chi connectivity index (χ3v) is 4.90. The number of rotatable bonds is 9. The molecule has 1 heterocycles. The van der Waals surface area contributed by atoms with Gasteiger partial charge in [0, 0.05) is 17.9 Å². The molecule has 7 heteroatoms. The molecule has 1 aromatic heterocycles. The van der Waals surface area contributed by atoms with Crippen LogP contribution in [0.25, 0.3) is 6.08 Å². The van der Waals surface area contributed by atoms with Gasteiger partial charge in [0.1, 0.15) is 17.4 Å². The molecule has 0 unspecified atom stereocenters. The molecule has 0 spiro atoms. The van der Waals surface area contributed by atoms with Crippen molar-refractivity contribution in [2.75, 3.05) is 19.0 Å². The van der Waals surface area contributed by atoms with Gasteiger partial charge in [-0.05, 0) is 56.0 Å². The van der Waals surface area contributed by atoms with Crippen molar-refractivity contribution in [1.29, 1.82) is 5.26 Å². The van der Waals surface area contributed by atoms with Crippen LogP contribution in [0.15, 0.2) is 35.9 Å². The molecule has 1 aromatic carbocycles. The molecule has 7 nitrogen and oxygen atoms in total. The second kappa shape index (κ2) is 11.0. The summed E-state index contributed by atoms with van der Waals surface area (Å²) in [5, 5.41) is 12.0. The normalized spacial score (nSPS) is 11.2. The van der Waals surface area contributed by atoms with Crippen LogP contribution in [-0.2, 0) is 20.9 Å².